The Morgan fingerprint density at radius 2 is 2.17 bits per heavy atom. The van der Waals surface area contributed by atoms with E-state index in [4.69, 9.17) is 0 Å². The van der Waals surface area contributed by atoms with E-state index in [0.29, 0.717) is 6.04 Å². The Bertz CT molecular complexity index is 362. The van der Waals surface area contributed by atoms with Crippen LogP contribution >= 0.6 is 27.3 Å². The fourth-order valence-corrected chi connectivity index (χ4v) is 3.70. The minimum absolute atomic E-state index is 0.277. The number of rotatable bonds is 7. The summed E-state index contributed by atoms with van der Waals surface area (Å²) >= 11 is 5.33. The molecule has 0 aliphatic rings. The quantitative estimate of drug-likeness (QED) is 0.812. The van der Waals surface area contributed by atoms with E-state index in [1.165, 1.54) is 9.35 Å². The van der Waals surface area contributed by atoms with Crippen LogP contribution in [0.4, 0.5) is 0 Å². The Labute approximate surface area is 124 Å². The maximum Gasteiger partial charge on any atom is 0.0325 e. The zero-order valence-electron chi connectivity index (χ0n) is 12.1. The van der Waals surface area contributed by atoms with Crippen LogP contribution in [0.2, 0.25) is 0 Å². The molecule has 1 heterocycles. The van der Waals surface area contributed by atoms with Gasteiger partial charge in [0.15, 0.2) is 0 Å². The molecule has 1 unspecified atom stereocenters. The largest absolute Gasteiger partial charge is 0.314 e. The fraction of sp³-hybridized carbons (Fsp3) is 0.714. The minimum atomic E-state index is 0.277. The van der Waals surface area contributed by atoms with Gasteiger partial charge in [-0.2, -0.15) is 0 Å². The van der Waals surface area contributed by atoms with Crippen molar-refractivity contribution >= 4 is 27.3 Å². The van der Waals surface area contributed by atoms with E-state index in [0.717, 1.165) is 19.6 Å². The van der Waals surface area contributed by atoms with Crippen LogP contribution in [0.15, 0.2) is 15.9 Å². The predicted molar refractivity (Wildman–Crippen MR) is 85.3 cm³/mol. The molecule has 0 bridgehead atoms. The second-order valence-electron chi connectivity index (χ2n) is 5.67. The molecule has 18 heavy (non-hydrogen) atoms. The van der Waals surface area contributed by atoms with E-state index in [1.807, 2.05) is 11.3 Å². The van der Waals surface area contributed by atoms with Gasteiger partial charge >= 0.3 is 0 Å². The highest BCUT2D eigenvalue weighted by Crippen LogP contribution is 2.25. The van der Waals surface area contributed by atoms with Gasteiger partial charge in [-0.15, -0.1) is 11.3 Å². The molecular formula is C14H25BrN2S. The molecule has 1 atom stereocenters. The van der Waals surface area contributed by atoms with E-state index in [9.17, 15) is 0 Å². The van der Waals surface area contributed by atoms with E-state index in [-0.39, 0.29) is 5.41 Å². The molecule has 0 fully saturated rings. The highest BCUT2D eigenvalue weighted by Gasteiger charge is 2.26. The van der Waals surface area contributed by atoms with Gasteiger partial charge in [0.1, 0.15) is 0 Å². The molecule has 1 aromatic heterocycles. The third-order valence-corrected chi connectivity index (χ3v) is 5.09. The monoisotopic (exact) mass is 332 g/mol. The lowest BCUT2D eigenvalue weighted by Gasteiger charge is -2.36. The lowest BCUT2D eigenvalue weighted by atomic mass is 9.85. The van der Waals surface area contributed by atoms with Gasteiger partial charge in [0, 0.05) is 33.9 Å². The number of thiophene rings is 1. The van der Waals surface area contributed by atoms with Crippen LogP contribution in [0, 0.1) is 5.41 Å². The van der Waals surface area contributed by atoms with E-state index in [1.54, 1.807) is 0 Å². The molecule has 2 nitrogen and oxygen atoms in total. The number of hydrogen-bond acceptors (Lipinski definition) is 3. The summed E-state index contributed by atoms with van der Waals surface area (Å²) in [5, 5.41) is 5.68. The summed E-state index contributed by atoms with van der Waals surface area (Å²) < 4.78 is 1.19. The average Bonchev–Trinajstić information content (AvgIpc) is 2.63. The Morgan fingerprint density at radius 3 is 2.67 bits per heavy atom. The summed E-state index contributed by atoms with van der Waals surface area (Å²) in [5.74, 6) is 0. The van der Waals surface area contributed by atoms with Gasteiger partial charge in [-0.3, -0.25) is 0 Å². The number of nitrogens with one attached hydrogen (secondary N) is 1. The minimum Gasteiger partial charge on any atom is -0.314 e. The van der Waals surface area contributed by atoms with Crippen LogP contribution in [0.3, 0.4) is 0 Å². The highest BCUT2D eigenvalue weighted by molar-refractivity contribution is 9.10. The third kappa shape index (κ3) is 5.00. The van der Waals surface area contributed by atoms with Crippen LogP contribution in [0.1, 0.15) is 32.6 Å². The van der Waals surface area contributed by atoms with Gasteiger partial charge in [0.05, 0.1) is 0 Å². The van der Waals surface area contributed by atoms with Gasteiger partial charge in [0.2, 0.25) is 0 Å². The molecule has 0 amide bonds. The van der Waals surface area contributed by atoms with Gasteiger partial charge < -0.3 is 10.2 Å². The molecule has 0 aliphatic heterocycles. The molecule has 0 spiro atoms. The molecular weight excluding hydrogens is 308 g/mol. The third-order valence-electron chi connectivity index (χ3n) is 3.41. The lowest BCUT2D eigenvalue weighted by molar-refractivity contribution is 0.162. The number of halogens is 1. The Balaban J connectivity index is 2.50. The maximum absolute atomic E-state index is 3.53. The van der Waals surface area contributed by atoms with Gasteiger partial charge in [0.25, 0.3) is 0 Å². The number of hydrogen-bond donors (Lipinski definition) is 1. The Hall–Kier alpha value is 0.1000. The molecule has 104 valence electrons. The maximum atomic E-state index is 3.53. The Kier molecular flexibility index (Phi) is 6.31. The zero-order chi connectivity index (χ0) is 13.8. The second kappa shape index (κ2) is 7.04. The highest BCUT2D eigenvalue weighted by atomic mass is 79.9. The van der Waals surface area contributed by atoms with E-state index >= 15 is 0 Å². The first-order valence-corrected chi connectivity index (χ1v) is 8.17. The normalized spacial score (nSPS) is 14.2. The standard InChI is InChI=1S/C14H25BrN2S/c1-6-16-11(2)14(3,4)10-17(5)8-13-7-12(15)9-18-13/h7,9,11,16H,6,8,10H2,1-5H3. The van der Waals surface area contributed by atoms with Crippen molar-refractivity contribution in [3.8, 4) is 0 Å². The van der Waals surface area contributed by atoms with Crippen LogP contribution in [-0.4, -0.2) is 31.1 Å². The van der Waals surface area contributed by atoms with Crippen molar-refractivity contribution < 1.29 is 0 Å². The summed E-state index contributed by atoms with van der Waals surface area (Å²) in [6.45, 7) is 12.3. The second-order valence-corrected chi connectivity index (χ2v) is 7.58. The van der Waals surface area contributed by atoms with Crippen molar-refractivity contribution in [1.82, 2.24) is 10.2 Å². The molecule has 1 aromatic rings. The van der Waals surface area contributed by atoms with Crippen molar-refractivity contribution in [3.63, 3.8) is 0 Å². The summed E-state index contributed by atoms with van der Waals surface area (Å²) in [4.78, 5) is 3.82. The van der Waals surface area contributed by atoms with Crippen molar-refractivity contribution in [2.45, 2.75) is 40.3 Å². The SMILES string of the molecule is CCNC(C)C(C)(C)CN(C)Cc1cc(Br)cs1. The number of nitrogens with zero attached hydrogens (tertiary/aromatic N) is 1. The molecule has 0 aromatic carbocycles. The van der Waals surface area contributed by atoms with Gasteiger partial charge in [-0.1, -0.05) is 20.8 Å². The molecule has 1 N–H and O–H groups in total. The first kappa shape index (κ1) is 16.2. The van der Waals surface area contributed by atoms with Gasteiger partial charge in [-0.05, 0) is 47.9 Å². The zero-order valence-corrected chi connectivity index (χ0v) is 14.5. The summed E-state index contributed by atoms with van der Waals surface area (Å²) in [5.41, 5.74) is 0.277. The summed E-state index contributed by atoms with van der Waals surface area (Å²) in [6, 6.07) is 2.74. The topological polar surface area (TPSA) is 15.3 Å². The van der Waals surface area contributed by atoms with Gasteiger partial charge in [-0.25, -0.2) is 0 Å². The molecule has 4 heteroatoms. The Morgan fingerprint density at radius 1 is 1.50 bits per heavy atom. The first-order chi connectivity index (χ1) is 8.35. The van der Waals surface area contributed by atoms with Crippen LogP contribution in [0.25, 0.3) is 0 Å². The lowest BCUT2D eigenvalue weighted by Crippen LogP contribution is -2.45. The van der Waals surface area contributed by atoms with Crippen LogP contribution in [0.5, 0.6) is 0 Å². The van der Waals surface area contributed by atoms with Crippen molar-refractivity contribution in [3.05, 3.63) is 20.8 Å². The molecule has 1 rings (SSSR count). The predicted octanol–water partition coefficient (Wildman–Crippen LogP) is 3.97. The molecule has 0 radical (unpaired) electrons. The van der Waals surface area contributed by atoms with Crippen LogP contribution in [-0.2, 0) is 6.54 Å². The van der Waals surface area contributed by atoms with E-state index < -0.39 is 0 Å². The molecule has 0 aliphatic carbocycles. The molecule has 0 saturated heterocycles. The summed E-state index contributed by atoms with van der Waals surface area (Å²) in [7, 11) is 2.20. The van der Waals surface area contributed by atoms with E-state index in [2.05, 4.69) is 72.3 Å². The fourth-order valence-electron chi connectivity index (χ4n) is 2.17. The molecule has 0 saturated carbocycles. The van der Waals surface area contributed by atoms with Crippen molar-refractivity contribution in [2.24, 2.45) is 5.41 Å². The smallest absolute Gasteiger partial charge is 0.0325 e. The first-order valence-electron chi connectivity index (χ1n) is 6.50. The average molecular weight is 333 g/mol. The summed E-state index contributed by atoms with van der Waals surface area (Å²) in [6.07, 6.45) is 0. The van der Waals surface area contributed by atoms with Crippen molar-refractivity contribution in [2.75, 3.05) is 20.1 Å². The van der Waals surface area contributed by atoms with Crippen LogP contribution < -0.4 is 5.32 Å². The van der Waals surface area contributed by atoms with Crippen molar-refractivity contribution in [1.29, 1.82) is 0 Å².